The molecule has 0 saturated carbocycles. The van der Waals surface area contributed by atoms with Gasteiger partial charge in [0.15, 0.2) is 0 Å². The van der Waals surface area contributed by atoms with Gasteiger partial charge in [0.2, 0.25) is 0 Å². The van der Waals surface area contributed by atoms with E-state index in [9.17, 15) is 0 Å². The minimum Gasteiger partial charge on any atom is -0.496 e. The first-order valence-electron chi connectivity index (χ1n) is 14.4. The normalized spacial score (nSPS) is 11.1. The Hall–Kier alpha value is -3.26. The van der Waals surface area contributed by atoms with Gasteiger partial charge in [-0.1, -0.05) is 45.9 Å². The van der Waals surface area contributed by atoms with Crippen LogP contribution in [0.25, 0.3) is 0 Å². The molecule has 4 rings (SSSR count). The Labute approximate surface area is 278 Å². The van der Waals surface area contributed by atoms with Crippen molar-refractivity contribution in [1.82, 2.24) is 0 Å². The number of methoxy groups -OCH3 is 6. The number of ether oxygens (including phenoxy) is 6. The van der Waals surface area contributed by atoms with Gasteiger partial charge in [-0.25, -0.2) is 0 Å². The smallest absolute Gasteiger partial charge is 0.137 e. The van der Waals surface area contributed by atoms with E-state index in [1.54, 1.807) is 42.7 Å². The SMILES string of the molecule is COc1ccc([Si](c2ccc(OC)c(C)c2OC)(c2ccc(OC)c(C)c2OC)[c-]2c(C)c(C)c(C)c2C)c(OC)c1C.[Ti]. The molecule has 0 aliphatic carbocycles. The van der Waals surface area contributed by atoms with E-state index in [0.717, 1.165) is 66.7 Å². The van der Waals surface area contributed by atoms with Gasteiger partial charge in [-0.05, 0) is 54.5 Å². The minimum absolute atomic E-state index is 0. The Morgan fingerprint density at radius 1 is 0.409 bits per heavy atom. The number of hydrogen-bond acceptors (Lipinski definition) is 6. The van der Waals surface area contributed by atoms with Crippen LogP contribution < -0.4 is 49.2 Å². The van der Waals surface area contributed by atoms with Crippen LogP contribution in [0.1, 0.15) is 38.9 Å². The van der Waals surface area contributed by atoms with Crippen molar-refractivity contribution in [1.29, 1.82) is 0 Å². The molecule has 8 heteroatoms. The fourth-order valence-electron chi connectivity index (χ4n) is 6.98. The zero-order chi connectivity index (χ0) is 31.8. The van der Waals surface area contributed by atoms with Crippen LogP contribution in [0.15, 0.2) is 36.4 Å². The van der Waals surface area contributed by atoms with Crippen molar-refractivity contribution < 1.29 is 50.1 Å². The van der Waals surface area contributed by atoms with Gasteiger partial charge in [0.05, 0.1) is 42.7 Å². The summed E-state index contributed by atoms with van der Waals surface area (Å²) in [6, 6.07) is 12.7. The standard InChI is InChI=1S/C36H45O6Si.Ti/c1-20-21(2)23(4)36(22(20)3)43(30-17-14-27(37-8)24(5)33(30)40-11,31-18-15-28(38-9)25(6)34(31)41-12)32-19-16-29(39-10)26(7)35(32)42-13;/h14-19H,1-13H3;/q-1;. The molecule has 0 heterocycles. The van der Waals surface area contributed by atoms with Crippen molar-refractivity contribution in [2.75, 3.05) is 42.7 Å². The van der Waals surface area contributed by atoms with E-state index in [0.29, 0.717) is 0 Å². The van der Waals surface area contributed by atoms with Crippen LogP contribution in [0.3, 0.4) is 0 Å². The Morgan fingerprint density at radius 2 is 0.682 bits per heavy atom. The third-order valence-electron chi connectivity index (χ3n) is 9.37. The summed E-state index contributed by atoms with van der Waals surface area (Å²) >= 11 is 0. The van der Waals surface area contributed by atoms with Gasteiger partial charge in [0.1, 0.15) is 42.6 Å². The van der Waals surface area contributed by atoms with Gasteiger partial charge >= 0.3 is 0 Å². The number of benzene rings is 3. The molecular weight excluding hydrogens is 604 g/mol. The molecule has 0 bridgehead atoms. The first-order valence-corrected chi connectivity index (χ1v) is 16.4. The molecule has 0 amide bonds. The summed E-state index contributed by atoms with van der Waals surface area (Å²) < 4.78 is 36.3. The van der Waals surface area contributed by atoms with Crippen LogP contribution in [0.2, 0.25) is 0 Å². The summed E-state index contributed by atoms with van der Waals surface area (Å²) in [5.74, 6) is 4.65. The summed E-state index contributed by atoms with van der Waals surface area (Å²) in [6.07, 6.45) is 0. The first-order chi connectivity index (χ1) is 20.5. The molecule has 0 radical (unpaired) electrons. The fourth-order valence-corrected chi connectivity index (χ4v) is 13.0. The van der Waals surface area contributed by atoms with Crippen molar-refractivity contribution >= 4 is 28.8 Å². The third kappa shape index (κ3) is 5.13. The van der Waals surface area contributed by atoms with Crippen molar-refractivity contribution in [3.8, 4) is 34.5 Å². The average molecular weight is 650 g/mol. The topological polar surface area (TPSA) is 55.4 Å². The van der Waals surface area contributed by atoms with Gasteiger partial charge < -0.3 is 28.4 Å². The predicted molar refractivity (Wildman–Crippen MR) is 178 cm³/mol. The first kappa shape index (κ1) is 35.2. The predicted octanol–water partition coefficient (Wildman–Crippen LogP) is 4.99. The largest absolute Gasteiger partial charge is 0.496 e. The number of hydrogen-bond donors (Lipinski definition) is 0. The molecule has 6 nitrogen and oxygen atoms in total. The van der Waals surface area contributed by atoms with Crippen LogP contribution in [0.5, 0.6) is 34.5 Å². The maximum atomic E-state index is 6.33. The molecule has 0 atom stereocenters. The van der Waals surface area contributed by atoms with Crippen LogP contribution in [-0.4, -0.2) is 50.7 Å². The molecule has 44 heavy (non-hydrogen) atoms. The molecule has 0 aliphatic rings. The van der Waals surface area contributed by atoms with Gasteiger partial charge in [-0.3, -0.25) is 0 Å². The van der Waals surface area contributed by atoms with Crippen molar-refractivity contribution in [2.24, 2.45) is 0 Å². The quantitative estimate of drug-likeness (QED) is 0.137. The average Bonchev–Trinajstić information content (AvgIpc) is 3.20. The second kappa shape index (κ2) is 13.8. The second-order valence-corrected chi connectivity index (χ2v) is 14.7. The van der Waals surface area contributed by atoms with Crippen molar-refractivity contribution in [3.63, 3.8) is 0 Å². The van der Waals surface area contributed by atoms with Gasteiger partial charge in [-0.15, -0.1) is 5.19 Å². The molecule has 4 aromatic rings. The maximum absolute atomic E-state index is 6.33. The molecule has 0 unspecified atom stereocenters. The van der Waals surface area contributed by atoms with Crippen molar-refractivity contribution in [2.45, 2.75) is 48.5 Å². The van der Waals surface area contributed by atoms with E-state index in [4.69, 9.17) is 28.4 Å². The zero-order valence-electron chi connectivity index (χ0n) is 28.4. The summed E-state index contributed by atoms with van der Waals surface area (Å²) in [5.41, 5.74) is 7.87. The molecule has 4 aromatic carbocycles. The van der Waals surface area contributed by atoms with E-state index in [-0.39, 0.29) is 21.7 Å². The third-order valence-corrected chi connectivity index (χ3v) is 14.5. The molecule has 0 spiro atoms. The van der Waals surface area contributed by atoms with E-state index in [1.807, 2.05) is 18.2 Å². The molecule has 0 saturated heterocycles. The monoisotopic (exact) mass is 649 g/mol. The van der Waals surface area contributed by atoms with E-state index >= 15 is 0 Å². The van der Waals surface area contributed by atoms with Crippen LogP contribution in [-0.2, 0) is 21.7 Å². The molecule has 0 aromatic heterocycles. The van der Waals surface area contributed by atoms with Gasteiger partial charge in [0, 0.05) is 38.4 Å². The van der Waals surface area contributed by atoms with Gasteiger partial charge in [0.25, 0.3) is 0 Å². The fraction of sp³-hybridized carbons (Fsp3) is 0.361. The van der Waals surface area contributed by atoms with E-state index < -0.39 is 8.07 Å². The molecule has 0 N–H and O–H groups in total. The summed E-state index contributed by atoms with van der Waals surface area (Å²) in [4.78, 5) is 0. The zero-order valence-corrected chi connectivity index (χ0v) is 31.0. The Morgan fingerprint density at radius 3 is 0.909 bits per heavy atom. The van der Waals surface area contributed by atoms with E-state index in [2.05, 4.69) is 66.7 Å². The minimum atomic E-state index is -3.34. The van der Waals surface area contributed by atoms with Crippen LogP contribution >= 0.6 is 0 Å². The Bertz CT molecular complexity index is 1500. The van der Waals surface area contributed by atoms with Crippen molar-refractivity contribution in [3.05, 3.63) is 75.3 Å². The molecular formula is C36H45O6SiTi-. The summed E-state index contributed by atoms with van der Waals surface area (Å²) in [6.45, 7) is 15.0. The van der Waals surface area contributed by atoms with Crippen LogP contribution in [0, 0.1) is 48.5 Å². The summed E-state index contributed by atoms with van der Waals surface area (Å²) in [5, 5.41) is 4.52. The molecule has 234 valence electrons. The molecule has 0 fully saturated rings. The summed E-state index contributed by atoms with van der Waals surface area (Å²) in [7, 11) is 6.94. The Balaban J connectivity index is 0.00000529. The second-order valence-electron chi connectivity index (χ2n) is 11.0. The Kier molecular flexibility index (Phi) is 11.0. The molecule has 0 aliphatic heterocycles. The van der Waals surface area contributed by atoms with Gasteiger partial charge in [-0.2, -0.15) is 22.3 Å². The van der Waals surface area contributed by atoms with Crippen LogP contribution in [0.4, 0.5) is 0 Å². The number of rotatable bonds is 10. The maximum Gasteiger partial charge on any atom is 0.137 e. The van der Waals surface area contributed by atoms with E-state index in [1.165, 1.54) is 27.4 Å².